The Hall–Kier alpha value is -0.920. The third-order valence-electron chi connectivity index (χ3n) is 5.15. The molecule has 0 aliphatic rings. The van der Waals surface area contributed by atoms with Gasteiger partial charge in [-0.25, -0.2) is 0 Å². The fraction of sp³-hybridized carbons (Fsp3) is 0.826. The molecule has 0 aromatic carbocycles. The van der Waals surface area contributed by atoms with Crippen molar-refractivity contribution in [2.45, 2.75) is 122 Å². The monoisotopic (exact) mass is 346 g/mol. The van der Waals surface area contributed by atoms with Crippen molar-refractivity contribution in [2.75, 3.05) is 0 Å². The first-order chi connectivity index (χ1) is 12.4. The summed E-state index contributed by atoms with van der Waals surface area (Å²) in [6, 6.07) is 0. The van der Waals surface area contributed by atoms with Crippen molar-refractivity contribution in [1.29, 1.82) is 0 Å². The molecule has 1 rings (SSSR count). The van der Waals surface area contributed by atoms with Gasteiger partial charge in [-0.2, -0.15) is 0 Å². The van der Waals surface area contributed by atoms with Crippen LogP contribution in [0.4, 0.5) is 0 Å². The minimum atomic E-state index is 1.09. The van der Waals surface area contributed by atoms with Crippen LogP contribution in [0.5, 0.6) is 0 Å². The number of rotatable bonds is 18. The first-order valence-electron chi connectivity index (χ1n) is 11.2. The van der Waals surface area contributed by atoms with Crippen molar-refractivity contribution in [3.63, 3.8) is 0 Å². The molecule has 0 aliphatic carbocycles. The smallest absolute Gasteiger partial charge is 0.0586 e. The highest BCUT2D eigenvalue weighted by Crippen LogP contribution is 2.14. The van der Waals surface area contributed by atoms with Crippen molar-refractivity contribution in [3.05, 3.63) is 24.3 Å². The Kier molecular flexibility index (Phi) is 15.8. The molecule has 0 radical (unpaired) electrons. The lowest BCUT2D eigenvalue weighted by Gasteiger charge is -2.04. The summed E-state index contributed by atoms with van der Waals surface area (Å²) in [6.07, 6.45) is 30.8. The van der Waals surface area contributed by atoms with Crippen LogP contribution in [0.25, 0.3) is 0 Å². The molecule has 0 spiro atoms. The minimum Gasteiger partial charge on any atom is -0.261 e. The topological polar surface area (TPSA) is 25.8 Å². The molecule has 0 amide bonds. The van der Waals surface area contributed by atoms with Gasteiger partial charge in [-0.3, -0.25) is 9.97 Å². The molecule has 1 aromatic heterocycles. The van der Waals surface area contributed by atoms with E-state index in [-0.39, 0.29) is 0 Å². The van der Waals surface area contributed by atoms with Crippen LogP contribution in [-0.4, -0.2) is 9.97 Å². The predicted molar refractivity (Wildman–Crippen MR) is 110 cm³/mol. The number of nitrogens with zero attached hydrogens (tertiary/aromatic N) is 2. The third-order valence-corrected chi connectivity index (χ3v) is 5.15. The van der Waals surface area contributed by atoms with Gasteiger partial charge in [0.25, 0.3) is 0 Å². The first-order valence-corrected chi connectivity index (χ1v) is 11.2. The Labute approximate surface area is 157 Å². The zero-order valence-corrected chi connectivity index (χ0v) is 16.9. The van der Waals surface area contributed by atoms with E-state index >= 15 is 0 Å². The number of aryl methyl sites for hydroxylation is 1. The molecule has 0 saturated heterocycles. The fourth-order valence-corrected chi connectivity index (χ4v) is 3.49. The van der Waals surface area contributed by atoms with Crippen molar-refractivity contribution in [1.82, 2.24) is 9.97 Å². The molecule has 0 bridgehead atoms. The van der Waals surface area contributed by atoms with Gasteiger partial charge in [-0.05, 0) is 12.8 Å². The number of aromatic nitrogens is 2. The molecule has 0 unspecified atom stereocenters. The third kappa shape index (κ3) is 15.1. The Morgan fingerprint density at radius 1 is 0.560 bits per heavy atom. The molecule has 2 heteroatoms. The summed E-state index contributed by atoms with van der Waals surface area (Å²) in [7, 11) is 0. The molecule has 0 saturated carbocycles. The lowest BCUT2D eigenvalue weighted by Crippen LogP contribution is -1.90. The molecule has 144 valence electrons. The minimum absolute atomic E-state index is 1.09. The Morgan fingerprint density at radius 2 is 1.00 bits per heavy atom. The molecule has 0 aliphatic heterocycles. The van der Waals surface area contributed by atoms with E-state index < -0.39 is 0 Å². The van der Waals surface area contributed by atoms with Gasteiger partial charge in [-0.1, -0.05) is 110 Å². The van der Waals surface area contributed by atoms with Crippen molar-refractivity contribution >= 4 is 0 Å². The van der Waals surface area contributed by atoms with Gasteiger partial charge >= 0.3 is 0 Å². The SMILES string of the molecule is CCCCCCCCCCCCCCCCCCCc1cnccn1. The summed E-state index contributed by atoms with van der Waals surface area (Å²) in [5, 5.41) is 0. The second-order valence-electron chi connectivity index (χ2n) is 7.60. The molecule has 25 heavy (non-hydrogen) atoms. The second-order valence-corrected chi connectivity index (χ2v) is 7.60. The van der Waals surface area contributed by atoms with Crippen molar-refractivity contribution < 1.29 is 0 Å². The van der Waals surface area contributed by atoms with E-state index in [1.54, 1.807) is 12.4 Å². The molecule has 0 N–H and O–H groups in total. The number of hydrogen-bond donors (Lipinski definition) is 0. The number of hydrogen-bond acceptors (Lipinski definition) is 2. The Balaban J connectivity index is 1.69. The molecular weight excluding hydrogens is 304 g/mol. The maximum absolute atomic E-state index is 4.33. The van der Waals surface area contributed by atoms with E-state index in [9.17, 15) is 0 Å². The molecule has 1 heterocycles. The second kappa shape index (κ2) is 17.9. The van der Waals surface area contributed by atoms with Crippen LogP contribution in [0, 0.1) is 0 Å². The summed E-state index contributed by atoms with van der Waals surface area (Å²) < 4.78 is 0. The lowest BCUT2D eigenvalue weighted by atomic mass is 10.0. The zero-order chi connectivity index (χ0) is 17.8. The molecule has 2 nitrogen and oxygen atoms in total. The van der Waals surface area contributed by atoms with Crippen LogP contribution in [0.15, 0.2) is 18.6 Å². The van der Waals surface area contributed by atoms with E-state index in [0.29, 0.717) is 0 Å². The fourth-order valence-electron chi connectivity index (χ4n) is 3.49. The highest BCUT2D eigenvalue weighted by molar-refractivity contribution is 4.94. The van der Waals surface area contributed by atoms with E-state index in [2.05, 4.69) is 16.9 Å². The number of unbranched alkanes of at least 4 members (excludes halogenated alkanes) is 16. The van der Waals surface area contributed by atoms with Gasteiger partial charge in [0, 0.05) is 18.6 Å². The van der Waals surface area contributed by atoms with Gasteiger partial charge in [-0.15, -0.1) is 0 Å². The summed E-state index contributed by atoms with van der Waals surface area (Å²) in [6.45, 7) is 2.29. The average Bonchev–Trinajstić information content (AvgIpc) is 2.65. The van der Waals surface area contributed by atoms with Crippen LogP contribution in [0.1, 0.15) is 122 Å². The van der Waals surface area contributed by atoms with Crippen molar-refractivity contribution in [2.24, 2.45) is 0 Å². The summed E-state index contributed by atoms with van der Waals surface area (Å²) >= 11 is 0. The van der Waals surface area contributed by atoms with Crippen LogP contribution in [0.2, 0.25) is 0 Å². The van der Waals surface area contributed by atoms with E-state index in [0.717, 1.165) is 12.1 Å². The average molecular weight is 347 g/mol. The van der Waals surface area contributed by atoms with Crippen LogP contribution >= 0.6 is 0 Å². The van der Waals surface area contributed by atoms with E-state index in [4.69, 9.17) is 0 Å². The maximum Gasteiger partial charge on any atom is 0.0586 e. The van der Waals surface area contributed by atoms with Crippen LogP contribution < -0.4 is 0 Å². The van der Waals surface area contributed by atoms with Gasteiger partial charge in [0.2, 0.25) is 0 Å². The molecule has 1 aromatic rings. The lowest BCUT2D eigenvalue weighted by molar-refractivity contribution is 0.527. The molecule has 0 atom stereocenters. The highest BCUT2D eigenvalue weighted by Gasteiger charge is 1.96. The van der Waals surface area contributed by atoms with Crippen LogP contribution in [0.3, 0.4) is 0 Å². The van der Waals surface area contributed by atoms with E-state index in [1.165, 1.54) is 109 Å². The normalized spacial score (nSPS) is 11.1. The standard InChI is InChI=1S/C23H42N2/c1-2-3-4-5-6-7-8-9-10-11-12-13-14-15-16-17-18-19-23-22-24-20-21-25-23/h20-22H,2-19H2,1H3. The van der Waals surface area contributed by atoms with Crippen LogP contribution in [-0.2, 0) is 6.42 Å². The van der Waals surface area contributed by atoms with Gasteiger partial charge in [0.1, 0.15) is 0 Å². The first kappa shape index (κ1) is 22.1. The largest absolute Gasteiger partial charge is 0.261 e. The quantitative estimate of drug-likeness (QED) is 0.255. The van der Waals surface area contributed by atoms with Gasteiger partial charge in [0.15, 0.2) is 0 Å². The zero-order valence-electron chi connectivity index (χ0n) is 16.9. The van der Waals surface area contributed by atoms with Gasteiger partial charge in [0.05, 0.1) is 5.69 Å². The Morgan fingerprint density at radius 3 is 1.40 bits per heavy atom. The van der Waals surface area contributed by atoms with Gasteiger partial charge < -0.3 is 0 Å². The van der Waals surface area contributed by atoms with E-state index in [1.807, 2.05) is 6.20 Å². The molecular formula is C23H42N2. The van der Waals surface area contributed by atoms with Crippen molar-refractivity contribution in [3.8, 4) is 0 Å². The molecule has 0 fully saturated rings. The Bertz CT molecular complexity index is 364. The predicted octanol–water partition coefficient (Wildman–Crippen LogP) is 7.67. The summed E-state index contributed by atoms with van der Waals surface area (Å²) in [5.41, 5.74) is 1.14. The summed E-state index contributed by atoms with van der Waals surface area (Å²) in [4.78, 5) is 8.44. The maximum atomic E-state index is 4.33. The summed E-state index contributed by atoms with van der Waals surface area (Å²) in [5.74, 6) is 0. The highest BCUT2D eigenvalue weighted by atomic mass is 14.8.